The van der Waals surface area contributed by atoms with Crippen molar-refractivity contribution in [1.29, 1.82) is 0 Å². The quantitative estimate of drug-likeness (QED) is 0.568. The molecule has 2 rings (SSSR count). The van der Waals surface area contributed by atoms with Crippen LogP contribution in [0.5, 0.6) is 0 Å². The van der Waals surface area contributed by atoms with Gasteiger partial charge in [0.25, 0.3) is 0 Å². The Morgan fingerprint density at radius 2 is 1.55 bits per heavy atom. The molecule has 0 fully saturated rings. The Hall–Kier alpha value is -2.41. The summed E-state index contributed by atoms with van der Waals surface area (Å²) in [7, 11) is 0. The van der Waals surface area contributed by atoms with Gasteiger partial charge in [0.1, 0.15) is 0 Å². The van der Waals surface area contributed by atoms with Crippen molar-refractivity contribution in [2.45, 2.75) is 20.3 Å². The molecule has 2 amide bonds. The molecular formula is C21H23Cl2N3O3. The zero-order chi connectivity index (χ0) is 21.4. The van der Waals surface area contributed by atoms with Crippen molar-refractivity contribution in [3.8, 4) is 0 Å². The minimum Gasteiger partial charge on any atom is -0.324 e. The Bertz CT molecular complexity index is 902. The molecule has 0 aliphatic carbocycles. The van der Waals surface area contributed by atoms with E-state index in [1.165, 1.54) is 6.92 Å². The van der Waals surface area contributed by atoms with E-state index in [0.717, 1.165) is 6.42 Å². The maximum Gasteiger partial charge on any atom is 0.238 e. The summed E-state index contributed by atoms with van der Waals surface area (Å²) in [6, 6.07) is 11.6. The van der Waals surface area contributed by atoms with Crippen LogP contribution in [0.25, 0.3) is 0 Å². The number of hydrogen-bond acceptors (Lipinski definition) is 4. The van der Waals surface area contributed by atoms with E-state index in [-0.39, 0.29) is 30.7 Å². The van der Waals surface area contributed by atoms with Crippen LogP contribution in [0.4, 0.5) is 11.4 Å². The van der Waals surface area contributed by atoms with Gasteiger partial charge in [0, 0.05) is 10.6 Å². The fourth-order valence-corrected chi connectivity index (χ4v) is 3.26. The zero-order valence-corrected chi connectivity index (χ0v) is 17.8. The second kappa shape index (κ2) is 11.0. The van der Waals surface area contributed by atoms with Crippen molar-refractivity contribution < 1.29 is 14.4 Å². The smallest absolute Gasteiger partial charge is 0.238 e. The Morgan fingerprint density at radius 1 is 0.931 bits per heavy atom. The van der Waals surface area contributed by atoms with Crippen LogP contribution in [-0.4, -0.2) is 42.1 Å². The van der Waals surface area contributed by atoms with E-state index in [4.69, 9.17) is 23.2 Å². The highest BCUT2D eigenvalue weighted by atomic mass is 35.5. The van der Waals surface area contributed by atoms with Gasteiger partial charge in [-0.2, -0.15) is 0 Å². The molecular weight excluding hydrogens is 413 g/mol. The third-order valence-corrected chi connectivity index (χ3v) is 4.61. The van der Waals surface area contributed by atoms with Gasteiger partial charge in [0.05, 0.1) is 29.5 Å². The highest BCUT2D eigenvalue weighted by molar-refractivity contribution is 6.36. The first-order valence-electron chi connectivity index (χ1n) is 9.17. The number of halogens is 2. The Labute approximate surface area is 180 Å². The Morgan fingerprint density at radius 3 is 2.14 bits per heavy atom. The third-order valence-electron chi connectivity index (χ3n) is 4.06. The summed E-state index contributed by atoms with van der Waals surface area (Å²) >= 11 is 11.9. The number of nitrogens with zero attached hydrogens (tertiary/aromatic N) is 1. The van der Waals surface area contributed by atoms with Crippen LogP contribution in [0.15, 0.2) is 42.5 Å². The number of anilines is 2. The molecule has 6 nitrogen and oxygen atoms in total. The SMILES string of the molecule is CCCN(CC(=O)Nc1ccc(Cl)cc1Cl)CC(=O)Nc1ccccc1C(C)=O. The molecule has 8 heteroatoms. The van der Waals surface area contributed by atoms with Gasteiger partial charge in [-0.3, -0.25) is 19.3 Å². The summed E-state index contributed by atoms with van der Waals surface area (Å²) in [5.41, 5.74) is 1.36. The third kappa shape index (κ3) is 7.16. The molecule has 0 saturated heterocycles. The number of carbonyl (C=O) groups excluding carboxylic acids is 3. The molecule has 0 atom stereocenters. The molecule has 2 N–H and O–H groups in total. The first-order chi connectivity index (χ1) is 13.8. The van der Waals surface area contributed by atoms with Crippen molar-refractivity contribution in [2.75, 3.05) is 30.3 Å². The van der Waals surface area contributed by atoms with Gasteiger partial charge in [-0.05, 0) is 50.2 Å². The van der Waals surface area contributed by atoms with E-state index < -0.39 is 0 Å². The maximum atomic E-state index is 12.5. The summed E-state index contributed by atoms with van der Waals surface area (Å²) in [5.74, 6) is -0.727. The molecule has 0 heterocycles. The summed E-state index contributed by atoms with van der Waals surface area (Å²) in [5, 5.41) is 6.29. The molecule has 154 valence electrons. The average molecular weight is 436 g/mol. The molecule has 2 aromatic rings. The minimum atomic E-state index is -0.301. The summed E-state index contributed by atoms with van der Waals surface area (Å²) in [6.45, 7) is 4.00. The van der Waals surface area contributed by atoms with Gasteiger partial charge in [0.2, 0.25) is 11.8 Å². The molecule has 0 bridgehead atoms. The topological polar surface area (TPSA) is 78.5 Å². The van der Waals surface area contributed by atoms with Crippen molar-refractivity contribution in [1.82, 2.24) is 4.90 Å². The molecule has 0 aliphatic rings. The van der Waals surface area contributed by atoms with E-state index in [1.54, 1.807) is 47.4 Å². The second-order valence-corrected chi connectivity index (χ2v) is 7.38. The highest BCUT2D eigenvalue weighted by Crippen LogP contribution is 2.25. The number of para-hydroxylation sites is 1. The average Bonchev–Trinajstić information content (AvgIpc) is 2.64. The molecule has 2 aromatic carbocycles. The van der Waals surface area contributed by atoms with Crippen molar-refractivity contribution >= 4 is 52.2 Å². The Balaban J connectivity index is 1.99. The molecule has 0 aromatic heterocycles. The van der Waals surface area contributed by atoms with Crippen molar-refractivity contribution in [3.05, 3.63) is 58.1 Å². The number of benzene rings is 2. The lowest BCUT2D eigenvalue weighted by Crippen LogP contribution is -2.39. The number of Topliss-reactive ketones (excluding diaryl/α,β-unsaturated/α-hetero) is 1. The number of hydrogen-bond donors (Lipinski definition) is 2. The van der Waals surface area contributed by atoms with Crippen LogP contribution >= 0.6 is 23.2 Å². The number of nitrogens with one attached hydrogen (secondary N) is 2. The first kappa shape index (κ1) is 22.9. The Kier molecular flexibility index (Phi) is 8.64. The normalized spacial score (nSPS) is 10.7. The maximum absolute atomic E-state index is 12.5. The van der Waals surface area contributed by atoms with Gasteiger partial charge in [-0.25, -0.2) is 0 Å². The number of carbonyl (C=O) groups is 3. The van der Waals surface area contributed by atoms with Gasteiger partial charge in [0.15, 0.2) is 5.78 Å². The van der Waals surface area contributed by atoms with E-state index >= 15 is 0 Å². The molecule has 0 saturated carbocycles. The summed E-state index contributed by atoms with van der Waals surface area (Å²) in [4.78, 5) is 38.3. The second-order valence-electron chi connectivity index (χ2n) is 6.53. The monoisotopic (exact) mass is 435 g/mol. The van der Waals surface area contributed by atoms with Crippen LogP contribution in [0.3, 0.4) is 0 Å². The van der Waals surface area contributed by atoms with Gasteiger partial charge in [-0.1, -0.05) is 42.3 Å². The lowest BCUT2D eigenvalue weighted by Gasteiger charge is -2.21. The van der Waals surface area contributed by atoms with E-state index in [9.17, 15) is 14.4 Å². The van der Waals surface area contributed by atoms with Gasteiger partial charge in [-0.15, -0.1) is 0 Å². The first-order valence-corrected chi connectivity index (χ1v) is 9.92. The standard InChI is InChI=1S/C21H23Cl2N3O3/c1-3-10-26(13-21(29)25-19-9-8-15(22)11-17(19)23)12-20(28)24-18-7-5-4-6-16(18)14(2)27/h4-9,11H,3,10,12-13H2,1-2H3,(H,24,28)(H,25,29). The lowest BCUT2D eigenvalue weighted by atomic mass is 10.1. The molecule has 0 aliphatic heterocycles. The van der Waals surface area contributed by atoms with Crippen LogP contribution < -0.4 is 10.6 Å². The molecule has 0 unspecified atom stereocenters. The minimum absolute atomic E-state index is 0.0157. The molecule has 0 radical (unpaired) electrons. The lowest BCUT2D eigenvalue weighted by molar-refractivity contribution is -0.120. The highest BCUT2D eigenvalue weighted by Gasteiger charge is 2.16. The van der Waals surface area contributed by atoms with E-state index in [1.807, 2.05) is 6.92 Å². The van der Waals surface area contributed by atoms with Gasteiger partial charge >= 0.3 is 0 Å². The van der Waals surface area contributed by atoms with E-state index in [2.05, 4.69) is 10.6 Å². The van der Waals surface area contributed by atoms with Crippen LogP contribution in [0.2, 0.25) is 10.0 Å². The zero-order valence-electron chi connectivity index (χ0n) is 16.3. The predicted molar refractivity (Wildman–Crippen MR) is 117 cm³/mol. The van der Waals surface area contributed by atoms with Gasteiger partial charge < -0.3 is 10.6 Å². The fraction of sp³-hybridized carbons (Fsp3) is 0.286. The summed E-state index contributed by atoms with van der Waals surface area (Å²) in [6.07, 6.45) is 0.770. The van der Waals surface area contributed by atoms with E-state index in [0.29, 0.717) is 33.5 Å². The number of amides is 2. The van der Waals surface area contributed by atoms with Crippen LogP contribution in [-0.2, 0) is 9.59 Å². The fourth-order valence-electron chi connectivity index (χ4n) is 2.81. The molecule has 29 heavy (non-hydrogen) atoms. The van der Waals surface area contributed by atoms with Crippen molar-refractivity contribution in [3.63, 3.8) is 0 Å². The largest absolute Gasteiger partial charge is 0.324 e. The number of ketones is 1. The number of rotatable bonds is 9. The molecule has 0 spiro atoms. The van der Waals surface area contributed by atoms with Crippen LogP contribution in [0.1, 0.15) is 30.6 Å². The predicted octanol–water partition coefficient (Wildman–Crippen LogP) is 4.49. The van der Waals surface area contributed by atoms with Crippen molar-refractivity contribution in [2.24, 2.45) is 0 Å². The van der Waals surface area contributed by atoms with Crippen LogP contribution in [0, 0.1) is 0 Å². The summed E-state index contributed by atoms with van der Waals surface area (Å²) < 4.78 is 0.